The summed E-state index contributed by atoms with van der Waals surface area (Å²) in [6.45, 7) is 4.48. The first kappa shape index (κ1) is 15.4. The second-order valence-electron chi connectivity index (χ2n) is 1.97. The second kappa shape index (κ2) is 9.97. The number of methoxy groups -OCH3 is 1. The maximum atomic E-state index is 10.1. The first-order valence-electron chi connectivity index (χ1n) is 3.71. The van der Waals surface area contributed by atoms with Crippen LogP contribution in [0.25, 0.3) is 0 Å². The zero-order valence-corrected chi connectivity index (χ0v) is 8.43. The van der Waals surface area contributed by atoms with Gasteiger partial charge in [0.25, 0.3) is 0 Å². The molecule has 0 heterocycles. The highest BCUT2D eigenvalue weighted by molar-refractivity contribution is 5.90. The Morgan fingerprint density at radius 2 is 1.80 bits per heavy atom. The zero-order chi connectivity index (χ0) is 12.3. The van der Waals surface area contributed by atoms with Crippen molar-refractivity contribution in [2.45, 2.75) is 6.92 Å². The molecule has 0 aromatic heterocycles. The SMILES string of the molecule is C=COC(C)=O.COC(=O)C=CC(=O)O. The lowest BCUT2D eigenvalue weighted by Crippen LogP contribution is -1.96. The van der Waals surface area contributed by atoms with Gasteiger partial charge in [-0.2, -0.15) is 0 Å². The Morgan fingerprint density at radius 3 is 2.00 bits per heavy atom. The predicted molar refractivity (Wildman–Crippen MR) is 50.8 cm³/mol. The minimum absolute atomic E-state index is 0.329. The fraction of sp³-hybridized carbons (Fsp3) is 0.222. The van der Waals surface area contributed by atoms with E-state index in [4.69, 9.17) is 5.11 Å². The molecule has 0 aliphatic carbocycles. The van der Waals surface area contributed by atoms with Crippen molar-refractivity contribution >= 4 is 17.9 Å². The smallest absolute Gasteiger partial charge is 0.330 e. The lowest BCUT2D eigenvalue weighted by Gasteiger charge is -1.85. The number of carboxylic acid groups (broad SMARTS) is 1. The topological polar surface area (TPSA) is 89.9 Å². The average molecular weight is 216 g/mol. The number of aliphatic carboxylic acids is 1. The first-order chi connectivity index (χ1) is 6.93. The van der Waals surface area contributed by atoms with Gasteiger partial charge in [-0.25, -0.2) is 9.59 Å². The van der Waals surface area contributed by atoms with Crippen LogP contribution in [-0.2, 0) is 23.9 Å². The third-order valence-electron chi connectivity index (χ3n) is 0.812. The van der Waals surface area contributed by atoms with Crippen LogP contribution in [0.1, 0.15) is 6.92 Å². The van der Waals surface area contributed by atoms with Crippen molar-refractivity contribution in [3.05, 3.63) is 25.0 Å². The van der Waals surface area contributed by atoms with Gasteiger partial charge >= 0.3 is 17.9 Å². The van der Waals surface area contributed by atoms with Crippen LogP contribution in [0.3, 0.4) is 0 Å². The molecule has 0 atom stereocenters. The summed E-state index contributed by atoms with van der Waals surface area (Å²) in [7, 11) is 1.18. The molecule has 0 saturated carbocycles. The summed E-state index contributed by atoms with van der Waals surface area (Å²) in [6.07, 6.45) is 2.65. The highest BCUT2D eigenvalue weighted by atomic mass is 16.5. The number of hydrogen-bond donors (Lipinski definition) is 1. The molecule has 84 valence electrons. The van der Waals surface area contributed by atoms with Gasteiger partial charge in [-0.1, -0.05) is 6.58 Å². The van der Waals surface area contributed by atoms with Crippen LogP contribution in [0.2, 0.25) is 0 Å². The predicted octanol–water partition coefficient (Wildman–Crippen LogP) is 0.493. The Kier molecular flexibility index (Phi) is 10.2. The molecule has 0 aliphatic rings. The third-order valence-corrected chi connectivity index (χ3v) is 0.812. The van der Waals surface area contributed by atoms with Gasteiger partial charge in [0.05, 0.1) is 13.4 Å². The molecule has 0 radical (unpaired) electrons. The molecule has 0 spiro atoms. The van der Waals surface area contributed by atoms with Gasteiger partial charge in [-0.15, -0.1) is 0 Å². The van der Waals surface area contributed by atoms with E-state index in [0.717, 1.165) is 12.3 Å². The number of carboxylic acids is 1. The van der Waals surface area contributed by atoms with Crippen LogP contribution in [0.15, 0.2) is 25.0 Å². The Labute approximate surface area is 86.8 Å². The number of rotatable bonds is 3. The molecule has 1 N–H and O–H groups in total. The fourth-order valence-electron chi connectivity index (χ4n) is 0.325. The molecular weight excluding hydrogens is 204 g/mol. The quantitative estimate of drug-likeness (QED) is 0.419. The Bertz CT molecular complexity index is 266. The molecule has 0 fully saturated rings. The highest BCUT2D eigenvalue weighted by Crippen LogP contribution is 1.76. The van der Waals surface area contributed by atoms with E-state index < -0.39 is 11.9 Å². The van der Waals surface area contributed by atoms with Crippen LogP contribution < -0.4 is 0 Å². The maximum absolute atomic E-state index is 10.1. The molecule has 0 unspecified atom stereocenters. The molecule has 0 bridgehead atoms. The van der Waals surface area contributed by atoms with E-state index >= 15 is 0 Å². The van der Waals surface area contributed by atoms with E-state index in [2.05, 4.69) is 16.1 Å². The van der Waals surface area contributed by atoms with Crippen molar-refractivity contribution in [1.82, 2.24) is 0 Å². The zero-order valence-electron chi connectivity index (χ0n) is 8.43. The monoisotopic (exact) mass is 216 g/mol. The standard InChI is InChI=1S/C5H6O4.C4H6O2/c1-9-5(8)3-2-4(6)7;1-3-6-4(2)5/h2-3H,1H3,(H,6,7);3H,1H2,2H3. The van der Waals surface area contributed by atoms with E-state index in [-0.39, 0.29) is 5.97 Å². The summed E-state index contributed by atoms with van der Waals surface area (Å²) in [5, 5.41) is 7.96. The van der Waals surface area contributed by atoms with E-state index in [0.29, 0.717) is 6.08 Å². The maximum Gasteiger partial charge on any atom is 0.330 e. The van der Waals surface area contributed by atoms with Crippen molar-refractivity contribution in [2.24, 2.45) is 0 Å². The van der Waals surface area contributed by atoms with E-state index in [9.17, 15) is 14.4 Å². The van der Waals surface area contributed by atoms with Crippen molar-refractivity contribution in [3.8, 4) is 0 Å². The number of carbonyl (C=O) groups is 3. The van der Waals surface area contributed by atoms with Crippen molar-refractivity contribution in [2.75, 3.05) is 7.11 Å². The van der Waals surface area contributed by atoms with Crippen LogP contribution in [-0.4, -0.2) is 30.1 Å². The van der Waals surface area contributed by atoms with Crippen molar-refractivity contribution < 1.29 is 29.0 Å². The fourth-order valence-corrected chi connectivity index (χ4v) is 0.325. The summed E-state index contributed by atoms with van der Waals surface area (Å²) in [6, 6.07) is 0. The van der Waals surface area contributed by atoms with Gasteiger partial charge in [0, 0.05) is 19.1 Å². The number of ether oxygens (including phenoxy) is 2. The third kappa shape index (κ3) is 18.7. The molecule has 0 amide bonds. The van der Waals surface area contributed by atoms with Crippen LogP contribution in [0.5, 0.6) is 0 Å². The summed E-state index contributed by atoms with van der Waals surface area (Å²) >= 11 is 0. The molecule has 0 aromatic rings. The van der Waals surface area contributed by atoms with Gasteiger partial charge in [0.1, 0.15) is 0 Å². The number of hydrogen-bond acceptors (Lipinski definition) is 5. The van der Waals surface area contributed by atoms with Crippen molar-refractivity contribution in [1.29, 1.82) is 0 Å². The molecular formula is C9H12O6. The van der Waals surface area contributed by atoms with Crippen molar-refractivity contribution in [3.63, 3.8) is 0 Å². The summed E-state index contributed by atoms with van der Waals surface area (Å²) in [5.41, 5.74) is 0. The van der Waals surface area contributed by atoms with E-state index in [1.165, 1.54) is 14.0 Å². The van der Waals surface area contributed by atoms with Gasteiger partial charge in [0.2, 0.25) is 0 Å². The lowest BCUT2D eigenvalue weighted by molar-refractivity contribution is -0.136. The first-order valence-corrected chi connectivity index (χ1v) is 3.71. The molecule has 6 heteroatoms. The highest BCUT2D eigenvalue weighted by Gasteiger charge is 1.91. The summed E-state index contributed by atoms with van der Waals surface area (Å²) in [4.78, 5) is 29.6. The van der Waals surface area contributed by atoms with Gasteiger partial charge in [-0.3, -0.25) is 4.79 Å². The second-order valence-corrected chi connectivity index (χ2v) is 1.97. The molecule has 15 heavy (non-hydrogen) atoms. The minimum atomic E-state index is -1.17. The van der Waals surface area contributed by atoms with Gasteiger partial charge in [0.15, 0.2) is 0 Å². The largest absolute Gasteiger partial charge is 0.478 e. The molecule has 0 aromatic carbocycles. The van der Waals surface area contributed by atoms with Gasteiger partial charge < -0.3 is 14.6 Å². The van der Waals surface area contributed by atoms with Crippen LogP contribution >= 0.6 is 0 Å². The Morgan fingerprint density at radius 1 is 1.27 bits per heavy atom. The molecule has 0 rings (SSSR count). The molecule has 0 saturated heterocycles. The minimum Gasteiger partial charge on any atom is -0.478 e. The van der Waals surface area contributed by atoms with E-state index in [1.807, 2.05) is 0 Å². The van der Waals surface area contributed by atoms with Gasteiger partial charge in [-0.05, 0) is 0 Å². The van der Waals surface area contributed by atoms with E-state index in [1.54, 1.807) is 0 Å². The summed E-state index contributed by atoms with van der Waals surface area (Å²) < 4.78 is 8.28. The summed E-state index contributed by atoms with van der Waals surface area (Å²) in [5.74, 6) is -2.16. The lowest BCUT2D eigenvalue weighted by atomic mass is 10.5. The Balaban J connectivity index is 0. The number of carbonyl (C=O) groups excluding carboxylic acids is 2. The Hall–Kier alpha value is -2.11. The number of esters is 2. The normalized spacial score (nSPS) is 8.40. The van der Waals surface area contributed by atoms with Crippen LogP contribution in [0.4, 0.5) is 0 Å². The average Bonchev–Trinajstić information content (AvgIpc) is 2.14. The van der Waals surface area contributed by atoms with Crippen LogP contribution in [0, 0.1) is 0 Å². The molecule has 0 aliphatic heterocycles. The molecule has 6 nitrogen and oxygen atoms in total.